The van der Waals surface area contributed by atoms with Gasteiger partial charge in [0.1, 0.15) is 0 Å². The lowest BCUT2D eigenvalue weighted by Crippen LogP contribution is -2.46. The molecule has 140 valence electrons. The number of hydrogen-bond donors (Lipinski definition) is 2. The Morgan fingerprint density at radius 3 is 2.26 bits per heavy atom. The van der Waals surface area contributed by atoms with Crippen LogP contribution in [-0.4, -0.2) is 46.9 Å². The van der Waals surface area contributed by atoms with Gasteiger partial charge in [0.2, 0.25) is 5.91 Å². The molecule has 6 nitrogen and oxygen atoms in total. The summed E-state index contributed by atoms with van der Waals surface area (Å²) in [5.41, 5.74) is 1.32. The Morgan fingerprint density at radius 1 is 0.963 bits per heavy atom. The van der Waals surface area contributed by atoms with Crippen molar-refractivity contribution in [3.63, 3.8) is 0 Å². The number of rotatable bonds is 5. The monoisotopic (exact) mass is 366 g/mol. The summed E-state index contributed by atoms with van der Waals surface area (Å²) in [5.74, 6) is -1.22. The van der Waals surface area contributed by atoms with Gasteiger partial charge in [-0.05, 0) is 36.6 Å². The van der Waals surface area contributed by atoms with Crippen LogP contribution >= 0.6 is 0 Å². The van der Waals surface area contributed by atoms with E-state index in [4.69, 9.17) is 0 Å². The fraction of sp³-hybridized carbons (Fsp3) is 0.286. The molecule has 3 rings (SSSR count). The van der Waals surface area contributed by atoms with Gasteiger partial charge in [-0.3, -0.25) is 9.59 Å². The standard InChI is InChI=1S/C21H22N2O4/c24-19(14-16-8-4-5-9-18(16)21(26)27)22-17-10-12-23(13-11-17)20(25)15-6-2-1-3-7-15/h1-9,17H,10-14H2,(H,22,24)(H,26,27). The predicted molar refractivity (Wildman–Crippen MR) is 101 cm³/mol. The molecule has 2 aromatic rings. The zero-order valence-electron chi connectivity index (χ0n) is 14.9. The van der Waals surface area contributed by atoms with Crippen LogP contribution in [0, 0.1) is 0 Å². The topological polar surface area (TPSA) is 86.7 Å². The highest BCUT2D eigenvalue weighted by atomic mass is 16.4. The van der Waals surface area contributed by atoms with Crippen molar-refractivity contribution in [2.24, 2.45) is 0 Å². The molecule has 2 amide bonds. The molecular weight excluding hydrogens is 344 g/mol. The van der Waals surface area contributed by atoms with Crippen LogP contribution in [-0.2, 0) is 11.2 Å². The van der Waals surface area contributed by atoms with Gasteiger partial charge < -0.3 is 15.3 Å². The van der Waals surface area contributed by atoms with Crippen molar-refractivity contribution in [1.29, 1.82) is 0 Å². The van der Waals surface area contributed by atoms with Crippen molar-refractivity contribution >= 4 is 17.8 Å². The van der Waals surface area contributed by atoms with E-state index in [-0.39, 0.29) is 29.8 Å². The summed E-state index contributed by atoms with van der Waals surface area (Å²) in [5, 5.41) is 12.2. The first-order valence-electron chi connectivity index (χ1n) is 8.99. The molecule has 2 N–H and O–H groups in total. The molecule has 1 fully saturated rings. The summed E-state index contributed by atoms with van der Waals surface area (Å²) in [6.45, 7) is 1.18. The minimum absolute atomic E-state index is 0.00527. The molecule has 1 aliphatic heterocycles. The molecule has 1 saturated heterocycles. The van der Waals surface area contributed by atoms with Gasteiger partial charge in [-0.2, -0.15) is 0 Å². The quantitative estimate of drug-likeness (QED) is 0.850. The first-order chi connectivity index (χ1) is 13.0. The fourth-order valence-corrected chi connectivity index (χ4v) is 3.32. The first kappa shape index (κ1) is 18.6. The number of nitrogens with zero attached hydrogens (tertiary/aromatic N) is 1. The molecule has 27 heavy (non-hydrogen) atoms. The molecule has 0 bridgehead atoms. The van der Waals surface area contributed by atoms with Crippen LogP contribution in [0.1, 0.15) is 39.1 Å². The van der Waals surface area contributed by atoms with Crippen LogP contribution in [0.3, 0.4) is 0 Å². The van der Waals surface area contributed by atoms with Gasteiger partial charge in [0.15, 0.2) is 0 Å². The summed E-state index contributed by atoms with van der Waals surface area (Å²) in [6, 6.07) is 15.7. The molecule has 6 heteroatoms. The Bertz CT molecular complexity index is 827. The van der Waals surface area contributed by atoms with Gasteiger partial charge >= 0.3 is 5.97 Å². The van der Waals surface area contributed by atoms with Gasteiger partial charge in [-0.15, -0.1) is 0 Å². The maximum atomic E-state index is 12.5. The van der Waals surface area contributed by atoms with E-state index in [1.807, 2.05) is 18.2 Å². The van der Waals surface area contributed by atoms with E-state index in [1.165, 1.54) is 6.07 Å². The van der Waals surface area contributed by atoms with Gasteiger partial charge in [0.05, 0.1) is 12.0 Å². The van der Waals surface area contributed by atoms with E-state index in [9.17, 15) is 19.5 Å². The van der Waals surface area contributed by atoms with E-state index in [0.717, 1.165) is 0 Å². The molecule has 1 heterocycles. The lowest BCUT2D eigenvalue weighted by Gasteiger charge is -2.32. The molecule has 0 atom stereocenters. The molecule has 2 aromatic carbocycles. The maximum absolute atomic E-state index is 12.5. The summed E-state index contributed by atoms with van der Waals surface area (Å²) in [7, 11) is 0. The highest BCUT2D eigenvalue weighted by Crippen LogP contribution is 2.15. The van der Waals surface area contributed by atoms with Crippen molar-refractivity contribution in [1.82, 2.24) is 10.2 Å². The third-order valence-electron chi connectivity index (χ3n) is 4.77. The zero-order valence-corrected chi connectivity index (χ0v) is 14.9. The third-order valence-corrected chi connectivity index (χ3v) is 4.77. The third kappa shape index (κ3) is 4.73. The molecule has 0 aliphatic carbocycles. The molecular formula is C21H22N2O4. The fourth-order valence-electron chi connectivity index (χ4n) is 3.32. The van der Waals surface area contributed by atoms with Crippen LogP contribution in [0.15, 0.2) is 54.6 Å². The van der Waals surface area contributed by atoms with E-state index < -0.39 is 5.97 Å². The molecule has 0 spiro atoms. The number of nitrogens with one attached hydrogen (secondary N) is 1. The lowest BCUT2D eigenvalue weighted by molar-refractivity contribution is -0.121. The molecule has 0 aromatic heterocycles. The number of piperidine rings is 1. The number of amides is 2. The molecule has 0 saturated carbocycles. The number of benzene rings is 2. The second-order valence-electron chi connectivity index (χ2n) is 6.64. The smallest absolute Gasteiger partial charge is 0.335 e. The van der Waals surface area contributed by atoms with Crippen LogP contribution in [0.2, 0.25) is 0 Å². The number of carbonyl (C=O) groups is 3. The van der Waals surface area contributed by atoms with E-state index in [1.54, 1.807) is 35.2 Å². The Morgan fingerprint density at radius 2 is 1.59 bits per heavy atom. The highest BCUT2D eigenvalue weighted by molar-refractivity contribution is 5.94. The van der Waals surface area contributed by atoms with Crippen molar-refractivity contribution in [2.75, 3.05) is 13.1 Å². The Kier molecular flexibility index (Phi) is 5.86. The van der Waals surface area contributed by atoms with E-state index in [0.29, 0.717) is 37.1 Å². The first-order valence-corrected chi connectivity index (χ1v) is 8.99. The van der Waals surface area contributed by atoms with Gasteiger partial charge in [0, 0.05) is 24.7 Å². The van der Waals surface area contributed by atoms with Crippen LogP contribution in [0.4, 0.5) is 0 Å². The summed E-state index contributed by atoms with van der Waals surface area (Å²) < 4.78 is 0. The van der Waals surface area contributed by atoms with E-state index in [2.05, 4.69) is 5.32 Å². The summed E-state index contributed by atoms with van der Waals surface area (Å²) >= 11 is 0. The number of carboxylic acid groups (broad SMARTS) is 1. The minimum atomic E-state index is -1.04. The Balaban J connectivity index is 1.51. The van der Waals surface area contributed by atoms with Crippen LogP contribution in [0.5, 0.6) is 0 Å². The predicted octanol–water partition coefficient (Wildman–Crippen LogP) is 2.35. The second kappa shape index (κ2) is 8.49. The number of aromatic carboxylic acids is 1. The highest BCUT2D eigenvalue weighted by Gasteiger charge is 2.24. The molecule has 0 radical (unpaired) electrons. The summed E-state index contributed by atoms with van der Waals surface area (Å²) in [6.07, 6.45) is 1.40. The lowest BCUT2D eigenvalue weighted by atomic mass is 10.0. The van der Waals surface area contributed by atoms with Crippen molar-refractivity contribution < 1.29 is 19.5 Å². The zero-order chi connectivity index (χ0) is 19.2. The van der Waals surface area contributed by atoms with E-state index >= 15 is 0 Å². The average molecular weight is 366 g/mol. The normalized spacial score (nSPS) is 14.6. The SMILES string of the molecule is O=C(Cc1ccccc1C(=O)O)NC1CCN(C(=O)c2ccccc2)CC1. The van der Waals surface area contributed by atoms with Gasteiger partial charge in [0.25, 0.3) is 5.91 Å². The number of carboxylic acids is 1. The number of hydrogen-bond acceptors (Lipinski definition) is 3. The van der Waals surface area contributed by atoms with Crippen molar-refractivity contribution in [3.05, 3.63) is 71.3 Å². The minimum Gasteiger partial charge on any atom is -0.478 e. The largest absolute Gasteiger partial charge is 0.478 e. The van der Waals surface area contributed by atoms with Crippen molar-refractivity contribution in [2.45, 2.75) is 25.3 Å². The Labute approximate surface area is 157 Å². The molecule has 1 aliphatic rings. The average Bonchev–Trinajstić information content (AvgIpc) is 2.69. The van der Waals surface area contributed by atoms with Gasteiger partial charge in [-0.25, -0.2) is 4.79 Å². The molecule has 0 unspecified atom stereocenters. The summed E-state index contributed by atoms with van der Waals surface area (Å²) in [4.78, 5) is 37.8. The number of carbonyl (C=O) groups excluding carboxylic acids is 2. The Hall–Kier alpha value is -3.15. The van der Waals surface area contributed by atoms with Crippen molar-refractivity contribution in [3.8, 4) is 0 Å². The maximum Gasteiger partial charge on any atom is 0.335 e. The van der Waals surface area contributed by atoms with Crippen LogP contribution < -0.4 is 5.32 Å². The second-order valence-corrected chi connectivity index (χ2v) is 6.64. The van der Waals surface area contributed by atoms with Gasteiger partial charge in [-0.1, -0.05) is 36.4 Å². The number of likely N-dealkylation sites (tertiary alicyclic amines) is 1. The van der Waals surface area contributed by atoms with Crippen LogP contribution in [0.25, 0.3) is 0 Å².